The van der Waals surface area contributed by atoms with Crippen molar-refractivity contribution in [2.75, 3.05) is 5.75 Å². The number of benzene rings is 1. The molecule has 2 heterocycles. The summed E-state index contributed by atoms with van der Waals surface area (Å²) in [5.41, 5.74) is 0.984. The summed E-state index contributed by atoms with van der Waals surface area (Å²) in [5, 5.41) is 17.9. The van der Waals surface area contributed by atoms with E-state index < -0.39 is 0 Å². The van der Waals surface area contributed by atoms with Gasteiger partial charge in [-0.3, -0.25) is 4.68 Å². The van der Waals surface area contributed by atoms with Gasteiger partial charge in [0.2, 0.25) is 5.16 Å². The van der Waals surface area contributed by atoms with Gasteiger partial charge in [0.15, 0.2) is 5.82 Å². The molecular weight excluding hydrogens is 270 g/mol. The molecule has 0 amide bonds. The first-order valence-electron chi connectivity index (χ1n) is 6.04. The summed E-state index contributed by atoms with van der Waals surface area (Å²) in [6.45, 7) is 0. The van der Waals surface area contributed by atoms with Crippen molar-refractivity contribution in [1.29, 1.82) is 5.26 Å². The smallest absolute Gasteiger partial charge is 0.212 e. The summed E-state index contributed by atoms with van der Waals surface area (Å²) in [5.74, 6) is 1.09. The zero-order valence-corrected chi connectivity index (χ0v) is 11.4. The van der Waals surface area contributed by atoms with Crippen molar-refractivity contribution in [3.05, 3.63) is 54.9 Å². The van der Waals surface area contributed by atoms with Crippen LogP contribution >= 0.6 is 11.8 Å². The number of hydrogen-bond acceptors (Lipinski definition) is 4. The molecule has 20 heavy (non-hydrogen) atoms. The van der Waals surface area contributed by atoms with Crippen molar-refractivity contribution in [2.45, 2.75) is 5.16 Å². The molecule has 5 nitrogen and oxygen atoms in total. The maximum absolute atomic E-state index is 8.74. The Bertz CT molecular complexity index is 725. The molecule has 0 fully saturated rings. The molecule has 3 aromatic rings. The van der Waals surface area contributed by atoms with Crippen LogP contribution in [0.2, 0.25) is 0 Å². The lowest BCUT2D eigenvalue weighted by molar-refractivity contribution is 0.604. The number of aromatic nitrogens is 4. The molecule has 0 radical (unpaired) electrons. The number of nitrogens with zero attached hydrogens (tertiary/aromatic N) is 5. The Labute approximate surface area is 120 Å². The molecule has 0 aliphatic carbocycles. The Morgan fingerprint density at radius 2 is 1.80 bits per heavy atom. The zero-order chi connectivity index (χ0) is 13.8. The van der Waals surface area contributed by atoms with E-state index in [1.54, 1.807) is 0 Å². The number of thioether (sulfide) groups is 1. The van der Waals surface area contributed by atoms with Gasteiger partial charge in [0.25, 0.3) is 0 Å². The quantitative estimate of drug-likeness (QED) is 0.690. The van der Waals surface area contributed by atoms with Gasteiger partial charge < -0.3 is 0 Å². The van der Waals surface area contributed by atoms with E-state index in [2.05, 4.69) is 16.3 Å². The standard InChI is InChI=1S/C14H11N5S/c15-8-11-20-14-17-16-13(12-6-2-1-3-7-12)19(14)18-9-4-5-10-18/h1-7,9-10H,11H2. The van der Waals surface area contributed by atoms with Gasteiger partial charge in [0, 0.05) is 18.0 Å². The van der Waals surface area contributed by atoms with Crippen LogP contribution in [-0.2, 0) is 0 Å². The minimum Gasteiger partial charge on any atom is -0.260 e. The molecule has 0 N–H and O–H groups in total. The van der Waals surface area contributed by atoms with Crippen LogP contribution in [0.3, 0.4) is 0 Å². The summed E-state index contributed by atoms with van der Waals surface area (Å²) < 4.78 is 3.80. The summed E-state index contributed by atoms with van der Waals surface area (Å²) in [6, 6.07) is 15.9. The molecule has 0 saturated carbocycles. The summed E-state index contributed by atoms with van der Waals surface area (Å²) in [7, 11) is 0. The van der Waals surface area contributed by atoms with Crippen LogP contribution in [-0.4, -0.2) is 25.3 Å². The second-order valence-electron chi connectivity index (χ2n) is 3.99. The monoisotopic (exact) mass is 281 g/mol. The highest BCUT2D eigenvalue weighted by Crippen LogP contribution is 2.23. The van der Waals surface area contributed by atoms with Crippen LogP contribution in [0.1, 0.15) is 0 Å². The van der Waals surface area contributed by atoms with E-state index in [4.69, 9.17) is 5.26 Å². The van der Waals surface area contributed by atoms with E-state index >= 15 is 0 Å². The highest BCUT2D eigenvalue weighted by atomic mass is 32.2. The van der Waals surface area contributed by atoms with Crippen molar-refractivity contribution in [3.8, 4) is 17.5 Å². The second-order valence-corrected chi connectivity index (χ2v) is 4.94. The maximum atomic E-state index is 8.74. The molecule has 98 valence electrons. The van der Waals surface area contributed by atoms with Gasteiger partial charge in [-0.25, -0.2) is 4.68 Å². The molecule has 0 bridgehead atoms. The Morgan fingerprint density at radius 3 is 2.50 bits per heavy atom. The Hall–Kier alpha value is -2.52. The first-order valence-corrected chi connectivity index (χ1v) is 7.03. The SMILES string of the molecule is N#CCSc1nnc(-c2ccccc2)n1-n1cccc1. The third kappa shape index (κ3) is 2.31. The van der Waals surface area contributed by atoms with Crippen LogP contribution < -0.4 is 0 Å². The highest BCUT2D eigenvalue weighted by Gasteiger charge is 2.15. The molecule has 0 aliphatic rings. The topological polar surface area (TPSA) is 59.4 Å². The molecule has 3 rings (SSSR count). The molecular formula is C14H11N5S. The van der Waals surface area contributed by atoms with E-state index in [1.807, 2.05) is 64.2 Å². The van der Waals surface area contributed by atoms with Crippen molar-refractivity contribution in [2.24, 2.45) is 0 Å². The number of nitriles is 1. The molecule has 2 aromatic heterocycles. The van der Waals surface area contributed by atoms with Crippen LogP contribution in [0.5, 0.6) is 0 Å². The fourth-order valence-corrected chi connectivity index (χ4v) is 2.48. The molecule has 0 aliphatic heterocycles. The lowest BCUT2D eigenvalue weighted by Gasteiger charge is -2.10. The summed E-state index contributed by atoms with van der Waals surface area (Å²) >= 11 is 1.37. The largest absolute Gasteiger partial charge is 0.260 e. The maximum Gasteiger partial charge on any atom is 0.212 e. The normalized spacial score (nSPS) is 10.3. The fourth-order valence-electron chi connectivity index (χ4n) is 1.89. The first-order chi connectivity index (χ1) is 9.90. The number of rotatable bonds is 4. The second kappa shape index (κ2) is 5.63. The van der Waals surface area contributed by atoms with Crippen molar-refractivity contribution >= 4 is 11.8 Å². The Morgan fingerprint density at radius 1 is 1.05 bits per heavy atom. The van der Waals surface area contributed by atoms with Crippen molar-refractivity contribution in [1.82, 2.24) is 19.5 Å². The minimum atomic E-state index is 0.341. The third-order valence-corrected chi connectivity index (χ3v) is 3.52. The van der Waals surface area contributed by atoms with Crippen molar-refractivity contribution < 1.29 is 0 Å². The summed E-state index contributed by atoms with van der Waals surface area (Å²) in [6.07, 6.45) is 3.85. The average molecular weight is 281 g/mol. The van der Waals surface area contributed by atoms with Gasteiger partial charge in [-0.2, -0.15) is 5.26 Å². The van der Waals surface area contributed by atoms with E-state index in [0.717, 1.165) is 11.4 Å². The molecule has 1 aromatic carbocycles. The molecule has 0 saturated heterocycles. The fraction of sp³-hybridized carbons (Fsp3) is 0.0714. The highest BCUT2D eigenvalue weighted by molar-refractivity contribution is 7.99. The predicted octanol–water partition coefficient (Wildman–Crippen LogP) is 2.67. The Balaban J connectivity index is 2.12. The first kappa shape index (κ1) is 12.5. The van der Waals surface area contributed by atoms with Gasteiger partial charge >= 0.3 is 0 Å². The van der Waals surface area contributed by atoms with Gasteiger partial charge in [0.05, 0.1) is 11.8 Å². The minimum absolute atomic E-state index is 0.341. The molecule has 0 spiro atoms. The number of hydrogen-bond donors (Lipinski definition) is 0. The Kier molecular flexibility index (Phi) is 3.52. The van der Waals surface area contributed by atoms with Gasteiger partial charge in [0.1, 0.15) is 0 Å². The van der Waals surface area contributed by atoms with Gasteiger partial charge in [-0.05, 0) is 12.1 Å². The van der Waals surface area contributed by atoms with Crippen LogP contribution in [0, 0.1) is 11.3 Å². The van der Waals surface area contributed by atoms with Crippen LogP contribution in [0.15, 0.2) is 60.0 Å². The van der Waals surface area contributed by atoms with Gasteiger partial charge in [-0.1, -0.05) is 42.1 Å². The van der Waals surface area contributed by atoms with E-state index in [9.17, 15) is 0 Å². The third-order valence-electron chi connectivity index (χ3n) is 2.73. The molecule has 0 atom stereocenters. The molecule has 0 unspecified atom stereocenters. The van der Waals surface area contributed by atoms with Crippen LogP contribution in [0.25, 0.3) is 11.4 Å². The van der Waals surface area contributed by atoms with Gasteiger partial charge in [-0.15, -0.1) is 10.2 Å². The van der Waals surface area contributed by atoms with Crippen LogP contribution in [0.4, 0.5) is 0 Å². The van der Waals surface area contributed by atoms with E-state index in [1.165, 1.54) is 11.8 Å². The zero-order valence-electron chi connectivity index (χ0n) is 10.5. The van der Waals surface area contributed by atoms with E-state index in [0.29, 0.717) is 10.9 Å². The summed E-state index contributed by atoms with van der Waals surface area (Å²) in [4.78, 5) is 0. The predicted molar refractivity (Wildman–Crippen MR) is 77.0 cm³/mol. The van der Waals surface area contributed by atoms with Crippen molar-refractivity contribution in [3.63, 3.8) is 0 Å². The molecule has 6 heteroatoms. The lowest BCUT2D eigenvalue weighted by atomic mass is 10.2. The lowest BCUT2D eigenvalue weighted by Crippen LogP contribution is -2.10. The van der Waals surface area contributed by atoms with E-state index in [-0.39, 0.29) is 0 Å². The average Bonchev–Trinajstić information content (AvgIpc) is 3.14.